The van der Waals surface area contributed by atoms with E-state index in [0.29, 0.717) is 5.56 Å². The standard InChI is InChI=1S/C14H16F2N2O/c15-14(16)19-13-7-3-2-6-11(13)12(10-17)18-8-4-1-5-9-18/h2-3,6-7,12,14H,1,4-5,8-9H2. The molecule has 0 amide bonds. The van der Waals surface area contributed by atoms with Crippen LogP contribution >= 0.6 is 0 Å². The van der Waals surface area contributed by atoms with Gasteiger partial charge in [-0.3, -0.25) is 4.90 Å². The summed E-state index contributed by atoms with van der Waals surface area (Å²) in [6.07, 6.45) is 3.23. The first-order valence-electron chi connectivity index (χ1n) is 6.40. The maximum absolute atomic E-state index is 12.4. The molecule has 1 aromatic rings. The SMILES string of the molecule is N#CC(c1ccccc1OC(F)F)N1CCCCC1. The van der Waals surface area contributed by atoms with Gasteiger partial charge in [-0.1, -0.05) is 24.6 Å². The van der Waals surface area contributed by atoms with Crippen molar-refractivity contribution < 1.29 is 13.5 Å². The Balaban J connectivity index is 2.24. The molecule has 0 radical (unpaired) electrons. The van der Waals surface area contributed by atoms with E-state index in [2.05, 4.69) is 10.8 Å². The van der Waals surface area contributed by atoms with E-state index in [1.807, 2.05) is 4.90 Å². The average molecular weight is 266 g/mol. The molecule has 0 spiro atoms. The molecule has 1 aliphatic heterocycles. The summed E-state index contributed by atoms with van der Waals surface area (Å²) in [5.74, 6) is 0.0922. The molecule has 1 atom stereocenters. The summed E-state index contributed by atoms with van der Waals surface area (Å²) in [6, 6.07) is 8.22. The number of hydrogen-bond acceptors (Lipinski definition) is 3. The monoisotopic (exact) mass is 266 g/mol. The van der Waals surface area contributed by atoms with Crippen molar-refractivity contribution in [1.29, 1.82) is 5.26 Å². The van der Waals surface area contributed by atoms with Gasteiger partial charge in [-0.2, -0.15) is 14.0 Å². The largest absolute Gasteiger partial charge is 0.434 e. The van der Waals surface area contributed by atoms with Crippen molar-refractivity contribution in [1.82, 2.24) is 4.90 Å². The molecule has 1 saturated heterocycles. The van der Waals surface area contributed by atoms with Crippen LogP contribution in [0.5, 0.6) is 5.75 Å². The molecule has 3 nitrogen and oxygen atoms in total. The van der Waals surface area contributed by atoms with Gasteiger partial charge in [0.05, 0.1) is 6.07 Å². The number of hydrogen-bond donors (Lipinski definition) is 0. The van der Waals surface area contributed by atoms with Crippen LogP contribution in [0.25, 0.3) is 0 Å². The zero-order chi connectivity index (χ0) is 13.7. The molecule has 19 heavy (non-hydrogen) atoms. The summed E-state index contributed by atoms with van der Waals surface area (Å²) in [7, 11) is 0. The Hall–Kier alpha value is -1.67. The average Bonchev–Trinajstić information content (AvgIpc) is 2.42. The molecule has 0 aromatic heterocycles. The Morgan fingerprint density at radius 1 is 1.16 bits per heavy atom. The molecule has 1 fully saturated rings. The Bertz CT molecular complexity index is 453. The third-order valence-corrected chi connectivity index (χ3v) is 3.31. The van der Waals surface area contributed by atoms with Gasteiger partial charge in [-0.05, 0) is 32.0 Å². The van der Waals surface area contributed by atoms with Crippen LogP contribution in [0, 0.1) is 11.3 Å². The summed E-state index contributed by atoms with van der Waals surface area (Å²) in [6.45, 7) is -1.23. The molecule has 5 heteroatoms. The lowest BCUT2D eigenvalue weighted by Gasteiger charge is -2.31. The van der Waals surface area contributed by atoms with Gasteiger partial charge in [0, 0.05) is 5.56 Å². The lowest BCUT2D eigenvalue weighted by molar-refractivity contribution is -0.0510. The van der Waals surface area contributed by atoms with Crippen molar-refractivity contribution in [3.8, 4) is 11.8 Å². The smallest absolute Gasteiger partial charge is 0.387 e. The molecule has 0 N–H and O–H groups in total. The van der Waals surface area contributed by atoms with Crippen molar-refractivity contribution in [3.63, 3.8) is 0 Å². The molecular weight excluding hydrogens is 250 g/mol. The first-order chi connectivity index (χ1) is 9.22. The lowest BCUT2D eigenvalue weighted by Crippen LogP contribution is -2.33. The van der Waals surface area contributed by atoms with Crippen molar-refractivity contribution in [3.05, 3.63) is 29.8 Å². The van der Waals surface area contributed by atoms with E-state index >= 15 is 0 Å². The Morgan fingerprint density at radius 2 is 1.84 bits per heavy atom. The molecule has 1 heterocycles. The van der Waals surface area contributed by atoms with Gasteiger partial charge in [0.25, 0.3) is 0 Å². The van der Waals surface area contributed by atoms with Gasteiger partial charge >= 0.3 is 6.61 Å². The fourth-order valence-corrected chi connectivity index (χ4v) is 2.43. The lowest BCUT2D eigenvalue weighted by atomic mass is 10.0. The first-order valence-corrected chi connectivity index (χ1v) is 6.40. The first kappa shape index (κ1) is 13.8. The highest BCUT2D eigenvalue weighted by Crippen LogP contribution is 2.31. The Labute approximate surface area is 111 Å². The number of halogens is 2. The molecule has 2 rings (SSSR count). The normalized spacial score (nSPS) is 18.0. The second-order valence-corrected chi connectivity index (χ2v) is 4.54. The van der Waals surface area contributed by atoms with Crippen LogP contribution < -0.4 is 4.74 Å². The zero-order valence-electron chi connectivity index (χ0n) is 10.6. The Kier molecular flexibility index (Phi) is 4.69. The highest BCUT2D eigenvalue weighted by atomic mass is 19.3. The van der Waals surface area contributed by atoms with Crippen LogP contribution in [0.2, 0.25) is 0 Å². The van der Waals surface area contributed by atoms with Gasteiger partial charge in [-0.15, -0.1) is 0 Å². The van der Waals surface area contributed by atoms with Gasteiger partial charge in [0.1, 0.15) is 11.8 Å². The second kappa shape index (κ2) is 6.48. The van der Waals surface area contributed by atoms with Gasteiger partial charge in [-0.25, -0.2) is 0 Å². The van der Waals surface area contributed by atoms with Crippen LogP contribution in [0.4, 0.5) is 8.78 Å². The molecule has 0 saturated carbocycles. The number of likely N-dealkylation sites (tertiary alicyclic amines) is 1. The number of nitriles is 1. The summed E-state index contributed by atoms with van der Waals surface area (Å²) in [5.41, 5.74) is 0.521. The number of rotatable bonds is 4. The van der Waals surface area contributed by atoms with Crippen molar-refractivity contribution >= 4 is 0 Å². The summed E-state index contributed by atoms with van der Waals surface area (Å²) < 4.78 is 29.3. The van der Waals surface area contributed by atoms with Gasteiger partial charge in [0.2, 0.25) is 0 Å². The molecule has 102 valence electrons. The van der Waals surface area contributed by atoms with E-state index in [1.165, 1.54) is 6.07 Å². The number of benzene rings is 1. The van der Waals surface area contributed by atoms with Crippen molar-refractivity contribution in [2.45, 2.75) is 31.9 Å². The van der Waals surface area contributed by atoms with E-state index in [0.717, 1.165) is 32.4 Å². The Morgan fingerprint density at radius 3 is 2.47 bits per heavy atom. The molecule has 1 unspecified atom stereocenters. The molecule has 0 bridgehead atoms. The minimum atomic E-state index is -2.87. The highest BCUT2D eigenvalue weighted by Gasteiger charge is 2.25. The molecule has 1 aromatic carbocycles. The molecular formula is C14H16F2N2O. The number of ether oxygens (including phenoxy) is 1. The fraction of sp³-hybridized carbons (Fsp3) is 0.500. The van der Waals surface area contributed by atoms with Crippen molar-refractivity contribution in [2.24, 2.45) is 0 Å². The number of alkyl halides is 2. The summed E-state index contributed by atoms with van der Waals surface area (Å²) in [5, 5.41) is 9.36. The van der Waals surface area contributed by atoms with Gasteiger partial charge in [0.15, 0.2) is 0 Å². The topological polar surface area (TPSA) is 36.3 Å². The molecule has 0 aliphatic carbocycles. The van der Waals surface area contributed by atoms with Crippen LogP contribution in [0.15, 0.2) is 24.3 Å². The van der Waals surface area contributed by atoms with E-state index in [1.54, 1.807) is 18.2 Å². The summed E-state index contributed by atoms with van der Waals surface area (Å²) >= 11 is 0. The van der Waals surface area contributed by atoms with Crippen LogP contribution in [0.1, 0.15) is 30.9 Å². The van der Waals surface area contributed by atoms with Crippen LogP contribution in [0.3, 0.4) is 0 Å². The number of para-hydroxylation sites is 1. The van der Waals surface area contributed by atoms with E-state index < -0.39 is 12.7 Å². The predicted molar refractivity (Wildman–Crippen MR) is 66.9 cm³/mol. The van der Waals surface area contributed by atoms with Crippen LogP contribution in [-0.2, 0) is 0 Å². The minimum Gasteiger partial charge on any atom is -0.434 e. The molecule has 1 aliphatic rings. The van der Waals surface area contributed by atoms with Gasteiger partial charge < -0.3 is 4.74 Å². The number of piperidine rings is 1. The van der Waals surface area contributed by atoms with E-state index in [-0.39, 0.29) is 5.75 Å². The third kappa shape index (κ3) is 3.42. The maximum Gasteiger partial charge on any atom is 0.387 e. The van der Waals surface area contributed by atoms with E-state index in [4.69, 9.17) is 0 Å². The maximum atomic E-state index is 12.4. The minimum absolute atomic E-state index is 0.0922. The van der Waals surface area contributed by atoms with E-state index in [9.17, 15) is 14.0 Å². The number of nitrogens with zero attached hydrogens (tertiary/aromatic N) is 2. The fourth-order valence-electron chi connectivity index (χ4n) is 2.43. The van der Waals surface area contributed by atoms with Crippen molar-refractivity contribution in [2.75, 3.05) is 13.1 Å². The summed E-state index contributed by atoms with van der Waals surface area (Å²) in [4.78, 5) is 2.02. The zero-order valence-corrected chi connectivity index (χ0v) is 10.6. The quantitative estimate of drug-likeness (QED) is 0.838. The third-order valence-electron chi connectivity index (χ3n) is 3.31. The second-order valence-electron chi connectivity index (χ2n) is 4.54. The predicted octanol–water partition coefficient (Wildman–Crippen LogP) is 3.34. The highest BCUT2D eigenvalue weighted by molar-refractivity contribution is 5.38. The van der Waals surface area contributed by atoms with Crippen LogP contribution in [-0.4, -0.2) is 24.6 Å².